The molecule has 0 aliphatic rings. The molecule has 0 aliphatic carbocycles. The zero-order chi connectivity index (χ0) is 13.0. The van der Waals surface area contributed by atoms with Gasteiger partial charge in [-0.1, -0.05) is 0 Å². The van der Waals surface area contributed by atoms with Gasteiger partial charge >= 0.3 is 0 Å². The average molecular weight is 247 g/mol. The molecular formula is C12H13N3O3. The first-order chi connectivity index (χ1) is 8.70. The van der Waals surface area contributed by atoms with Gasteiger partial charge in [0.25, 0.3) is 0 Å². The lowest BCUT2D eigenvalue weighted by Gasteiger charge is -2.08. The van der Waals surface area contributed by atoms with E-state index < -0.39 is 0 Å². The molecule has 1 N–H and O–H groups in total. The van der Waals surface area contributed by atoms with E-state index in [-0.39, 0.29) is 12.5 Å². The number of benzene rings is 1. The van der Waals surface area contributed by atoms with Crippen LogP contribution in [0.4, 0.5) is 5.69 Å². The molecule has 0 atom stereocenters. The van der Waals surface area contributed by atoms with Crippen molar-refractivity contribution in [3.8, 4) is 11.5 Å². The number of ether oxygens (including phenoxy) is 1. The smallest absolute Gasteiger partial charge is 0.250 e. The van der Waals surface area contributed by atoms with Gasteiger partial charge in [0.15, 0.2) is 0 Å². The summed E-state index contributed by atoms with van der Waals surface area (Å²) in [6, 6.07) is 5.47. The molecule has 2 rings (SSSR count). The molecule has 0 saturated heterocycles. The van der Waals surface area contributed by atoms with Crippen LogP contribution in [0.2, 0.25) is 0 Å². The summed E-state index contributed by atoms with van der Waals surface area (Å²) in [6.07, 6.45) is 1.28. The molecule has 2 aromatic rings. The van der Waals surface area contributed by atoms with Crippen molar-refractivity contribution in [2.75, 3.05) is 19.0 Å². The number of rotatable bonds is 4. The summed E-state index contributed by atoms with van der Waals surface area (Å²) in [5, 5.41) is 10.2. The minimum absolute atomic E-state index is 0.0326. The number of hydrogen-bond acceptors (Lipinski definition) is 5. The van der Waals surface area contributed by atoms with E-state index in [2.05, 4.69) is 15.5 Å². The van der Waals surface area contributed by atoms with Crippen LogP contribution in [0.15, 0.2) is 29.0 Å². The largest absolute Gasteiger partial charge is 0.423 e. The van der Waals surface area contributed by atoms with Crippen LogP contribution in [0.5, 0.6) is 0 Å². The monoisotopic (exact) mass is 247 g/mol. The van der Waals surface area contributed by atoms with Crippen molar-refractivity contribution in [2.24, 2.45) is 0 Å². The summed E-state index contributed by atoms with van der Waals surface area (Å²) < 4.78 is 9.86. The van der Waals surface area contributed by atoms with Crippen LogP contribution in [-0.4, -0.2) is 29.8 Å². The molecule has 0 radical (unpaired) electrons. The number of aromatic nitrogens is 2. The van der Waals surface area contributed by atoms with Crippen LogP contribution in [0, 0.1) is 6.92 Å². The molecule has 18 heavy (non-hydrogen) atoms. The number of carbonyl (C=O) groups excluding carboxylic acids is 1. The number of methoxy groups -OCH3 is 1. The van der Waals surface area contributed by atoms with Crippen molar-refractivity contribution in [3.63, 3.8) is 0 Å². The second-order valence-electron chi connectivity index (χ2n) is 3.75. The van der Waals surface area contributed by atoms with E-state index in [0.717, 1.165) is 16.8 Å². The molecule has 0 fully saturated rings. The minimum Gasteiger partial charge on any atom is -0.423 e. The SMILES string of the molecule is COCC(=O)Nc1ccc(-c2nnco2)cc1C. The van der Waals surface area contributed by atoms with Gasteiger partial charge < -0.3 is 14.5 Å². The molecule has 0 aliphatic heterocycles. The minimum atomic E-state index is -0.189. The Morgan fingerprint density at radius 3 is 2.94 bits per heavy atom. The molecule has 1 aromatic heterocycles. The first kappa shape index (κ1) is 12.3. The fourth-order valence-electron chi connectivity index (χ4n) is 1.55. The molecule has 1 aromatic carbocycles. The third-order valence-electron chi connectivity index (χ3n) is 2.38. The standard InChI is InChI=1S/C12H13N3O3/c1-8-5-9(12-15-13-7-18-12)3-4-10(8)14-11(16)6-17-2/h3-5,7H,6H2,1-2H3,(H,14,16). The van der Waals surface area contributed by atoms with Crippen LogP contribution in [-0.2, 0) is 9.53 Å². The van der Waals surface area contributed by atoms with E-state index in [0.29, 0.717) is 5.89 Å². The molecule has 0 spiro atoms. The van der Waals surface area contributed by atoms with E-state index >= 15 is 0 Å². The number of carbonyl (C=O) groups is 1. The molecule has 1 amide bonds. The van der Waals surface area contributed by atoms with Gasteiger partial charge in [-0.25, -0.2) is 0 Å². The molecule has 6 nitrogen and oxygen atoms in total. The Kier molecular flexibility index (Phi) is 3.69. The first-order valence-corrected chi connectivity index (χ1v) is 5.36. The van der Waals surface area contributed by atoms with Gasteiger partial charge in [0.05, 0.1) is 0 Å². The second-order valence-corrected chi connectivity index (χ2v) is 3.75. The predicted molar refractivity (Wildman–Crippen MR) is 65.0 cm³/mol. The lowest BCUT2D eigenvalue weighted by Crippen LogP contribution is -2.17. The maximum absolute atomic E-state index is 11.4. The second kappa shape index (κ2) is 5.42. The number of amides is 1. The Bertz CT molecular complexity index is 538. The third kappa shape index (κ3) is 2.72. The van der Waals surface area contributed by atoms with E-state index in [1.165, 1.54) is 13.5 Å². The maximum Gasteiger partial charge on any atom is 0.250 e. The maximum atomic E-state index is 11.4. The zero-order valence-corrected chi connectivity index (χ0v) is 10.1. The highest BCUT2D eigenvalue weighted by atomic mass is 16.5. The van der Waals surface area contributed by atoms with Crippen LogP contribution in [0.1, 0.15) is 5.56 Å². The highest BCUT2D eigenvalue weighted by Crippen LogP contribution is 2.23. The average Bonchev–Trinajstić information content (AvgIpc) is 2.85. The van der Waals surface area contributed by atoms with Gasteiger partial charge in [0, 0.05) is 18.4 Å². The molecule has 0 saturated carbocycles. The third-order valence-corrected chi connectivity index (χ3v) is 2.38. The van der Waals surface area contributed by atoms with E-state index in [1.54, 1.807) is 6.07 Å². The molecular weight excluding hydrogens is 234 g/mol. The Labute approximate surface area is 104 Å². The fourth-order valence-corrected chi connectivity index (χ4v) is 1.55. The van der Waals surface area contributed by atoms with Crippen LogP contribution in [0.3, 0.4) is 0 Å². The first-order valence-electron chi connectivity index (χ1n) is 5.36. The number of aryl methyl sites for hydroxylation is 1. The predicted octanol–water partition coefficient (Wildman–Crippen LogP) is 1.63. The highest BCUT2D eigenvalue weighted by Gasteiger charge is 2.08. The number of nitrogens with one attached hydrogen (secondary N) is 1. The molecule has 0 bridgehead atoms. The van der Waals surface area contributed by atoms with E-state index in [4.69, 9.17) is 9.15 Å². The van der Waals surface area contributed by atoms with Crippen molar-refractivity contribution in [2.45, 2.75) is 6.92 Å². The van der Waals surface area contributed by atoms with Gasteiger partial charge in [-0.2, -0.15) is 0 Å². The summed E-state index contributed by atoms with van der Waals surface area (Å²) in [6.45, 7) is 1.92. The molecule has 0 unspecified atom stereocenters. The zero-order valence-electron chi connectivity index (χ0n) is 10.1. The van der Waals surface area contributed by atoms with Crippen LogP contribution < -0.4 is 5.32 Å². The summed E-state index contributed by atoms with van der Waals surface area (Å²) in [5.41, 5.74) is 2.46. The number of hydrogen-bond donors (Lipinski definition) is 1. The summed E-state index contributed by atoms with van der Waals surface area (Å²) in [7, 11) is 1.48. The van der Waals surface area contributed by atoms with Gasteiger partial charge in [0.1, 0.15) is 6.61 Å². The van der Waals surface area contributed by atoms with Crippen molar-refractivity contribution >= 4 is 11.6 Å². The lowest BCUT2D eigenvalue weighted by atomic mass is 10.1. The van der Waals surface area contributed by atoms with Crippen LogP contribution in [0.25, 0.3) is 11.5 Å². The molecule has 6 heteroatoms. The Hall–Kier alpha value is -2.21. The summed E-state index contributed by atoms with van der Waals surface area (Å²) in [5.74, 6) is 0.263. The Balaban J connectivity index is 2.18. The van der Waals surface area contributed by atoms with Gasteiger partial charge in [-0.05, 0) is 30.7 Å². The van der Waals surface area contributed by atoms with Gasteiger partial charge in [-0.15, -0.1) is 10.2 Å². The van der Waals surface area contributed by atoms with Crippen molar-refractivity contribution < 1.29 is 13.9 Å². The number of anilines is 1. The molecule has 1 heterocycles. The normalized spacial score (nSPS) is 10.3. The number of nitrogens with zero attached hydrogens (tertiary/aromatic N) is 2. The Morgan fingerprint density at radius 1 is 1.50 bits per heavy atom. The van der Waals surface area contributed by atoms with Gasteiger partial charge in [0.2, 0.25) is 18.2 Å². The molecule has 94 valence electrons. The summed E-state index contributed by atoms with van der Waals surface area (Å²) >= 11 is 0. The Morgan fingerprint density at radius 2 is 2.33 bits per heavy atom. The quantitative estimate of drug-likeness (QED) is 0.888. The van der Waals surface area contributed by atoms with E-state index in [1.807, 2.05) is 19.1 Å². The highest BCUT2D eigenvalue weighted by molar-refractivity contribution is 5.92. The lowest BCUT2D eigenvalue weighted by molar-refractivity contribution is -0.119. The van der Waals surface area contributed by atoms with Crippen molar-refractivity contribution in [1.29, 1.82) is 0 Å². The van der Waals surface area contributed by atoms with E-state index in [9.17, 15) is 4.79 Å². The fraction of sp³-hybridized carbons (Fsp3) is 0.250. The van der Waals surface area contributed by atoms with Crippen molar-refractivity contribution in [3.05, 3.63) is 30.2 Å². The van der Waals surface area contributed by atoms with Crippen LogP contribution >= 0.6 is 0 Å². The topological polar surface area (TPSA) is 77.2 Å². The van der Waals surface area contributed by atoms with Crippen molar-refractivity contribution in [1.82, 2.24) is 10.2 Å². The van der Waals surface area contributed by atoms with Gasteiger partial charge in [-0.3, -0.25) is 4.79 Å². The summed E-state index contributed by atoms with van der Waals surface area (Å²) in [4.78, 5) is 11.4.